The summed E-state index contributed by atoms with van der Waals surface area (Å²) in [5.41, 5.74) is 4.13. The Kier molecular flexibility index (Phi) is 4.79. The predicted molar refractivity (Wildman–Crippen MR) is 105 cm³/mol. The van der Waals surface area contributed by atoms with E-state index in [1.165, 1.54) is 13.2 Å². The van der Waals surface area contributed by atoms with Crippen molar-refractivity contribution in [2.75, 3.05) is 12.4 Å². The Labute approximate surface area is 166 Å². The van der Waals surface area contributed by atoms with Gasteiger partial charge in [0.2, 0.25) is 5.88 Å². The van der Waals surface area contributed by atoms with E-state index in [2.05, 4.69) is 30.9 Å². The molecule has 0 unspecified atom stereocenters. The highest BCUT2D eigenvalue weighted by molar-refractivity contribution is 6.03. The third-order valence-electron chi connectivity index (χ3n) is 4.55. The zero-order chi connectivity index (χ0) is 20.6. The molecule has 29 heavy (non-hydrogen) atoms. The van der Waals surface area contributed by atoms with Crippen LogP contribution in [-0.2, 0) is 4.84 Å². The molecular formula is C19H22FN7O2. The summed E-state index contributed by atoms with van der Waals surface area (Å²) in [7, 11) is 1.51. The Bertz CT molecular complexity index is 1080. The van der Waals surface area contributed by atoms with Gasteiger partial charge in [-0.3, -0.25) is 0 Å². The number of methoxy groups -OCH3 is 1. The Hall–Kier alpha value is -3.27. The van der Waals surface area contributed by atoms with Crippen LogP contribution in [0.25, 0.3) is 5.65 Å². The quantitative estimate of drug-likeness (QED) is 0.658. The van der Waals surface area contributed by atoms with Gasteiger partial charge in [-0.1, -0.05) is 6.92 Å². The van der Waals surface area contributed by atoms with Crippen LogP contribution in [0.2, 0.25) is 0 Å². The smallest absolute Gasteiger partial charge is 0.218 e. The molecule has 0 aliphatic carbocycles. The highest BCUT2D eigenvalue weighted by atomic mass is 19.1. The van der Waals surface area contributed by atoms with E-state index in [0.29, 0.717) is 35.2 Å². The summed E-state index contributed by atoms with van der Waals surface area (Å²) in [5.74, 6) is 1.13. The fraction of sp³-hybridized carbons (Fsp3) is 0.368. The zero-order valence-electron chi connectivity index (χ0n) is 16.6. The first-order valence-corrected chi connectivity index (χ1v) is 9.25. The Morgan fingerprint density at radius 2 is 2.21 bits per heavy atom. The highest BCUT2D eigenvalue weighted by Gasteiger charge is 2.28. The summed E-state index contributed by atoms with van der Waals surface area (Å²) in [6.07, 6.45) is 5.29. The maximum absolute atomic E-state index is 13.8. The second kappa shape index (κ2) is 7.28. The molecule has 1 aliphatic heterocycles. The second-order valence-electron chi connectivity index (χ2n) is 7.11. The number of aliphatic imine (C=N–C) groups is 1. The van der Waals surface area contributed by atoms with Gasteiger partial charge in [-0.05, 0) is 32.4 Å². The van der Waals surface area contributed by atoms with E-state index in [1.807, 2.05) is 20.8 Å². The van der Waals surface area contributed by atoms with Gasteiger partial charge in [-0.25, -0.2) is 34.2 Å². The maximum Gasteiger partial charge on any atom is 0.218 e. The molecule has 2 N–H and O–H groups in total. The molecular weight excluding hydrogens is 377 g/mol. The lowest BCUT2D eigenvalue weighted by atomic mass is 10.1. The van der Waals surface area contributed by atoms with Crippen molar-refractivity contribution in [1.82, 2.24) is 25.1 Å². The number of aromatic nitrogens is 4. The SMILES string of the molecule is CC[C@@H](Nc1ccn2ncc(C3=NC(C)(C)ON3)c2n1)c1cc(F)cnc1OC. The number of hydrogen-bond donors (Lipinski definition) is 2. The van der Waals surface area contributed by atoms with Gasteiger partial charge in [0.15, 0.2) is 17.2 Å². The van der Waals surface area contributed by atoms with Crippen molar-refractivity contribution in [3.8, 4) is 5.88 Å². The molecule has 0 saturated heterocycles. The van der Waals surface area contributed by atoms with Gasteiger partial charge in [-0.15, -0.1) is 0 Å². The summed E-state index contributed by atoms with van der Waals surface area (Å²) >= 11 is 0. The van der Waals surface area contributed by atoms with Crippen LogP contribution in [0.5, 0.6) is 5.88 Å². The van der Waals surface area contributed by atoms with E-state index in [-0.39, 0.29) is 6.04 Å². The standard InChI is InChI=1S/C19H22FN7O2/c1-5-14(12-8-11(20)9-21-18(12)28-4)23-15-6-7-27-17(24-15)13(10-22-27)16-25-19(2,3)29-26-16/h6-10,14H,5H2,1-4H3,(H,23,24)(H,25,26)/t14-/m1/s1. The molecule has 10 heteroatoms. The lowest BCUT2D eigenvalue weighted by molar-refractivity contribution is -0.0269. The molecule has 4 rings (SSSR count). The van der Waals surface area contributed by atoms with Gasteiger partial charge >= 0.3 is 0 Å². The second-order valence-corrected chi connectivity index (χ2v) is 7.11. The van der Waals surface area contributed by atoms with Gasteiger partial charge < -0.3 is 10.1 Å². The monoisotopic (exact) mass is 399 g/mol. The molecule has 0 radical (unpaired) electrons. The van der Waals surface area contributed by atoms with Gasteiger partial charge in [0.25, 0.3) is 0 Å². The summed E-state index contributed by atoms with van der Waals surface area (Å²) in [4.78, 5) is 18.6. The van der Waals surface area contributed by atoms with Gasteiger partial charge in [0.1, 0.15) is 11.6 Å². The molecule has 9 nitrogen and oxygen atoms in total. The van der Waals surface area contributed by atoms with Crippen LogP contribution in [0.4, 0.5) is 10.2 Å². The third kappa shape index (κ3) is 3.70. The number of nitrogens with zero attached hydrogens (tertiary/aromatic N) is 5. The predicted octanol–water partition coefficient (Wildman–Crippen LogP) is 2.85. The van der Waals surface area contributed by atoms with Crippen molar-refractivity contribution in [1.29, 1.82) is 0 Å². The van der Waals surface area contributed by atoms with Crippen LogP contribution in [0.15, 0.2) is 35.7 Å². The number of nitrogens with one attached hydrogen (secondary N) is 2. The number of hydrogen-bond acceptors (Lipinski definition) is 8. The normalized spacial score (nSPS) is 16.4. The molecule has 0 spiro atoms. The van der Waals surface area contributed by atoms with E-state index in [1.54, 1.807) is 23.0 Å². The van der Waals surface area contributed by atoms with Crippen LogP contribution in [0, 0.1) is 5.82 Å². The number of fused-ring (bicyclic) bond motifs is 1. The van der Waals surface area contributed by atoms with Gasteiger partial charge in [-0.2, -0.15) is 5.10 Å². The number of rotatable bonds is 6. The van der Waals surface area contributed by atoms with Gasteiger partial charge in [0, 0.05) is 11.8 Å². The van der Waals surface area contributed by atoms with E-state index in [9.17, 15) is 4.39 Å². The molecule has 4 heterocycles. The summed E-state index contributed by atoms with van der Waals surface area (Å²) < 4.78 is 20.7. The van der Waals surface area contributed by atoms with Crippen molar-refractivity contribution in [2.24, 2.45) is 4.99 Å². The average Bonchev–Trinajstić information content (AvgIpc) is 3.28. The first kappa shape index (κ1) is 19.1. The molecule has 0 aromatic carbocycles. The number of amidine groups is 1. The van der Waals surface area contributed by atoms with Crippen molar-refractivity contribution in [3.63, 3.8) is 0 Å². The fourth-order valence-corrected chi connectivity index (χ4v) is 3.16. The molecule has 1 aliphatic rings. The molecule has 152 valence electrons. The zero-order valence-corrected chi connectivity index (χ0v) is 16.6. The molecule has 3 aromatic rings. The largest absolute Gasteiger partial charge is 0.481 e. The number of pyridine rings is 1. The minimum atomic E-state index is -0.659. The highest BCUT2D eigenvalue weighted by Crippen LogP contribution is 2.29. The Morgan fingerprint density at radius 3 is 2.90 bits per heavy atom. The van der Waals surface area contributed by atoms with E-state index in [4.69, 9.17) is 9.57 Å². The van der Waals surface area contributed by atoms with E-state index < -0.39 is 11.5 Å². The minimum absolute atomic E-state index is 0.237. The van der Waals surface area contributed by atoms with Crippen LogP contribution >= 0.6 is 0 Å². The van der Waals surface area contributed by atoms with Crippen molar-refractivity contribution in [2.45, 2.75) is 39.0 Å². The number of ether oxygens (including phenoxy) is 1. The van der Waals surface area contributed by atoms with Crippen LogP contribution in [0.1, 0.15) is 44.4 Å². The molecule has 0 bridgehead atoms. The number of halogens is 1. The van der Waals surface area contributed by atoms with Crippen molar-refractivity contribution in [3.05, 3.63) is 47.7 Å². The fourth-order valence-electron chi connectivity index (χ4n) is 3.16. The van der Waals surface area contributed by atoms with Crippen LogP contribution in [-0.4, -0.2) is 38.3 Å². The average molecular weight is 399 g/mol. The summed E-state index contributed by atoms with van der Waals surface area (Å²) in [6, 6.07) is 2.99. The van der Waals surface area contributed by atoms with E-state index in [0.717, 1.165) is 11.8 Å². The Morgan fingerprint density at radius 1 is 1.38 bits per heavy atom. The number of anilines is 1. The van der Waals surface area contributed by atoms with Crippen LogP contribution in [0.3, 0.4) is 0 Å². The molecule has 0 saturated carbocycles. The Balaban J connectivity index is 1.68. The van der Waals surface area contributed by atoms with Gasteiger partial charge in [0.05, 0.1) is 31.1 Å². The molecule has 0 fully saturated rings. The van der Waals surface area contributed by atoms with Crippen LogP contribution < -0.4 is 15.5 Å². The minimum Gasteiger partial charge on any atom is -0.481 e. The summed E-state index contributed by atoms with van der Waals surface area (Å²) in [5, 5.41) is 7.65. The topological polar surface area (TPSA) is 98.0 Å². The van der Waals surface area contributed by atoms with Crippen molar-refractivity contribution >= 4 is 17.3 Å². The lowest BCUT2D eigenvalue weighted by Crippen LogP contribution is -2.23. The summed E-state index contributed by atoms with van der Waals surface area (Å²) in [6.45, 7) is 5.69. The molecule has 3 aromatic heterocycles. The first-order valence-electron chi connectivity index (χ1n) is 9.25. The molecule has 0 amide bonds. The van der Waals surface area contributed by atoms with E-state index >= 15 is 0 Å². The number of hydroxylamine groups is 1. The first-order chi connectivity index (χ1) is 13.9. The lowest BCUT2D eigenvalue weighted by Gasteiger charge is -2.20. The third-order valence-corrected chi connectivity index (χ3v) is 4.55. The molecule has 1 atom stereocenters. The van der Waals surface area contributed by atoms with Crippen molar-refractivity contribution < 1.29 is 14.0 Å². The maximum atomic E-state index is 13.8.